The second-order valence-corrected chi connectivity index (χ2v) is 7.21. The van der Waals surface area contributed by atoms with Crippen molar-refractivity contribution in [2.24, 2.45) is 0 Å². The molecule has 2 aromatic carbocycles. The summed E-state index contributed by atoms with van der Waals surface area (Å²) in [7, 11) is 0. The molecule has 2 atom stereocenters. The first-order chi connectivity index (χ1) is 14.3. The van der Waals surface area contributed by atoms with Crippen molar-refractivity contribution < 1.29 is 19.7 Å². The fourth-order valence-electron chi connectivity index (χ4n) is 2.63. The first kappa shape index (κ1) is 28.0. The van der Waals surface area contributed by atoms with Crippen LogP contribution in [0.25, 0.3) is 0 Å². The van der Waals surface area contributed by atoms with Crippen molar-refractivity contribution in [2.75, 3.05) is 13.2 Å². The molecule has 170 valence electrons. The van der Waals surface area contributed by atoms with E-state index in [0.29, 0.717) is 13.0 Å². The monoisotopic (exact) mass is 418 g/mol. The molecule has 0 amide bonds. The van der Waals surface area contributed by atoms with Gasteiger partial charge in [0.15, 0.2) is 0 Å². The molecule has 0 spiro atoms. The van der Waals surface area contributed by atoms with Gasteiger partial charge in [-0.25, -0.2) is 0 Å². The van der Waals surface area contributed by atoms with Gasteiger partial charge in [-0.05, 0) is 48.7 Å². The summed E-state index contributed by atoms with van der Waals surface area (Å²) in [6.45, 7) is 16.6. The van der Waals surface area contributed by atoms with Crippen molar-refractivity contribution in [3.05, 3.63) is 59.7 Å². The standard InChI is InChI=1S/C22H30O4.2C2H6/c1-5-19(24)15-26-21-12-8-18(9-13-21)22(3,4)17-6-10-20(11-7-17)25-14-16(2)23;2*1-2/h6-13,16,19,23-24H,5,14-15H2,1-4H3;2*1-2H3. The summed E-state index contributed by atoms with van der Waals surface area (Å²) in [4.78, 5) is 0. The molecule has 0 saturated carbocycles. The lowest BCUT2D eigenvalue weighted by Gasteiger charge is -2.26. The Morgan fingerprint density at radius 1 is 0.733 bits per heavy atom. The Bertz CT molecular complexity index is 660. The second-order valence-electron chi connectivity index (χ2n) is 7.21. The molecule has 0 aliphatic heterocycles. The van der Waals surface area contributed by atoms with E-state index >= 15 is 0 Å². The Morgan fingerprint density at radius 3 is 1.43 bits per heavy atom. The van der Waals surface area contributed by atoms with E-state index in [4.69, 9.17) is 9.47 Å². The molecule has 0 radical (unpaired) electrons. The van der Waals surface area contributed by atoms with Crippen molar-refractivity contribution in [1.82, 2.24) is 0 Å². The van der Waals surface area contributed by atoms with E-state index in [0.717, 1.165) is 11.5 Å². The van der Waals surface area contributed by atoms with E-state index in [-0.39, 0.29) is 12.0 Å². The van der Waals surface area contributed by atoms with Gasteiger partial charge >= 0.3 is 0 Å². The summed E-state index contributed by atoms with van der Waals surface area (Å²) in [6.07, 6.45) is -0.229. The van der Waals surface area contributed by atoms with Gasteiger partial charge in [0.05, 0.1) is 12.2 Å². The number of benzene rings is 2. The molecular formula is C26H42O4. The third-order valence-corrected chi connectivity index (χ3v) is 4.56. The predicted molar refractivity (Wildman–Crippen MR) is 127 cm³/mol. The maximum Gasteiger partial charge on any atom is 0.119 e. The summed E-state index contributed by atoms with van der Waals surface area (Å²) in [6, 6.07) is 16.0. The van der Waals surface area contributed by atoms with E-state index in [2.05, 4.69) is 38.1 Å². The van der Waals surface area contributed by atoms with Crippen molar-refractivity contribution >= 4 is 0 Å². The fourth-order valence-corrected chi connectivity index (χ4v) is 2.63. The van der Waals surface area contributed by atoms with E-state index in [1.807, 2.05) is 58.9 Å². The molecule has 0 aromatic heterocycles. The zero-order valence-electron chi connectivity index (χ0n) is 20.1. The molecule has 2 rings (SSSR count). The number of aliphatic hydroxyl groups excluding tert-OH is 2. The van der Waals surface area contributed by atoms with Crippen molar-refractivity contribution in [3.63, 3.8) is 0 Å². The van der Waals surface area contributed by atoms with Crippen LogP contribution in [0.5, 0.6) is 11.5 Å². The zero-order valence-corrected chi connectivity index (χ0v) is 20.1. The van der Waals surface area contributed by atoms with E-state index in [1.165, 1.54) is 11.1 Å². The average Bonchev–Trinajstić information content (AvgIpc) is 2.79. The van der Waals surface area contributed by atoms with E-state index in [9.17, 15) is 10.2 Å². The third kappa shape index (κ3) is 9.19. The summed E-state index contributed by atoms with van der Waals surface area (Å²) in [5.41, 5.74) is 2.19. The number of hydrogen-bond donors (Lipinski definition) is 2. The minimum Gasteiger partial charge on any atom is -0.491 e. The van der Waals surface area contributed by atoms with Crippen LogP contribution in [0.3, 0.4) is 0 Å². The number of rotatable bonds is 9. The molecule has 4 heteroatoms. The van der Waals surface area contributed by atoms with Gasteiger partial charge in [-0.2, -0.15) is 0 Å². The molecule has 0 fully saturated rings. The molecule has 0 aliphatic rings. The summed E-state index contributed by atoms with van der Waals surface area (Å²) < 4.78 is 11.1. The van der Waals surface area contributed by atoms with Crippen molar-refractivity contribution in [1.29, 1.82) is 0 Å². The Hall–Kier alpha value is -2.04. The lowest BCUT2D eigenvalue weighted by atomic mass is 9.78. The highest BCUT2D eigenvalue weighted by Gasteiger charge is 2.23. The van der Waals surface area contributed by atoms with Gasteiger partial charge in [0.25, 0.3) is 0 Å². The van der Waals surface area contributed by atoms with Crippen LogP contribution < -0.4 is 9.47 Å². The highest BCUT2D eigenvalue weighted by molar-refractivity contribution is 5.41. The summed E-state index contributed by atoms with van der Waals surface area (Å²) >= 11 is 0. The quantitative estimate of drug-likeness (QED) is 0.526. The van der Waals surface area contributed by atoms with Crippen LogP contribution in [0.1, 0.15) is 72.9 Å². The average molecular weight is 419 g/mol. The smallest absolute Gasteiger partial charge is 0.119 e. The SMILES string of the molecule is CC.CC.CCC(O)COc1ccc(C(C)(C)c2ccc(OCC(C)O)cc2)cc1. The van der Waals surface area contributed by atoms with Gasteiger partial charge < -0.3 is 19.7 Å². The molecule has 2 unspecified atom stereocenters. The maximum absolute atomic E-state index is 9.59. The van der Waals surface area contributed by atoms with E-state index in [1.54, 1.807) is 6.92 Å². The lowest BCUT2D eigenvalue weighted by molar-refractivity contribution is 0.104. The van der Waals surface area contributed by atoms with Gasteiger partial charge in [0, 0.05) is 5.41 Å². The Kier molecular flexibility index (Phi) is 13.9. The maximum atomic E-state index is 9.59. The first-order valence-corrected chi connectivity index (χ1v) is 11.2. The number of ether oxygens (including phenoxy) is 2. The molecule has 2 N–H and O–H groups in total. The molecule has 2 aromatic rings. The van der Waals surface area contributed by atoms with Crippen molar-refractivity contribution in [2.45, 2.75) is 79.4 Å². The molecule has 0 aliphatic carbocycles. The van der Waals surface area contributed by atoms with Crippen LogP contribution in [0.4, 0.5) is 0 Å². The largest absolute Gasteiger partial charge is 0.491 e. The highest BCUT2D eigenvalue weighted by atomic mass is 16.5. The van der Waals surface area contributed by atoms with Crippen LogP contribution >= 0.6 is 0 Å². The topological polar surface area (TPSA) is 58.9 Å². The third-order valence-electron chi connectivity index (χ3n) is 4.56. The van der Waals surface area contributed by atoms with Gasteiger partial charge in [-0.3, -0.25) is 0 Å². The van der Waals surface area contributed by atoms with Crippen LogP contribution in [0.2, 0.25) is 0 Å². The number of aliphatic hydroxyl groups is 2. The van der Waals surface area contributed by atoms with Crippen LogP contribution in [0, 0.1) is 0 Å². The minimum atomic E-state index is -0.481. The Balaban J connectivity index is 0.00000198. The van der Waals surface area contributed by atoms with Gasteiger partial charge in [-0.1, -0.05) is 72.7 Å². The van der Waals surface area contributed by atoms with Gasteiger partial charge in [0.1, 0.15) is 24.7 Å². The molecule has 0 heterocycles. The molecule has 0 bridgehead atoms. The van der Waals surface area contributed by atoms with E-state index < -0.39 is 12.2 Å². The highest BCUT2D eigenvalue weighted by Crippen LogP contribution is 2.33. The van der Waals surface area contributed by atoms with Crippen LogP contribution in [-0.2, 0) is 5.41 Å². The normalized spacial score (nSPS) is 12.5. The van der Waals surface area contributed by atoms with Crippen molar-refractivity contribution in [3.8, 4) is 11.5 Å². The summed E-state index contributed by atoms with van der Waals surface area (Å²) in [5, 5.41) is 18.9. The Labute approximate surface area is 183 Å². The van der Waals surface area contributed by atoms with Crippen LogP contribution in [-0.4, -0.2) is 35.6 Å². The number of hydrogen-bond acceptors (Lipinski definition) is 4. The molecule has 4 nitrogen and oxygen atoms in total. The molecule has 30 heavy (non-hydrogen) atoms. The van der Waals surface area contributed by atoms with Gasteiger partial charge in [0.2, 0.25) is 0 Å². The van der Waals surface area contributed by atoms with Crippen LogP contribution in [0.15, 0.2) is 48.5 Å². The fraction of sp³-hybridized carbons (Fsp3) is 0.538. The molecule has 0 saturated heterocycles. The van der Waals surface area contributed by atoms with Gasteiger partial charge in [-0.15, -0.1) is 0 Å². The summed E-state index contributed by atoms with van der Waals surface area (Å²) in [5.74, 6) is 1.52. The zero-order chi connectivity index (χ0) is 23.2. The predicted octanol–water partition coefficient (Wildman–Crippen LogP) is 5.97. The second kappa shape index (κ2) is 14.9. The first-order valence-electron chi connectivity index (χ1n) is 11.2. The molecular weight excluding hydrogens is 376 g/mol. The minimum absolute atomic E-state index is 0.162. The lowest BCUT2D eigenvalue weighted by Crippen LogP contribution is -2.19. The Morgan fingerprint density at radius 2 is 1.10 bits per heavy atom.